The van der Waals surface area contributed by atoms with E-state index in [1.54, 1.807) is 37.3 Å². The van der Waals surface area contributed by atoms with E-state index in [2.05, 4.69) is 17.2 Å². The van der Waals surface area contributed by atoms with Crippen LogP contribution in [-0.4, -0.2) is 35.2 Å². The van der Waals surface area contributed by atoms with Crippen molar-refractivity contribution in [3.8, 4) is 11.8 Å². The minimum atomic E-state index is -0.773. The van der Waals surface area contributed by atoms with Gasteiger partial charge in [-0.3, -0.25) is 14.4 Å². The summed E-state index contributed by atoms with van der Waals surface area (Å²) >= 11 is 0. The number of carbonyl (C=O) groups excluding carboxylic acids is 3. The lowest BCUT2D eigenvalue weighted by Crippen LogP contribution is -2.43. The largest absolute Gasteiger partial charge is 0.389 e. The van der Waals surface area contributed by atoms with Gasteiger partial charge >= 0.3 is 0 Å². The van der Waals surface area contributed by atoms with E-state index in [-0.39, 0.29) is 18.1 Å². The van der Waals surface area contributed by atoms with Gasteiger partial charge in [-0.2, -0.15) is 0 Å². The van der Waals surface area contributed by atoms with Crippen molar-refractivity contribution in [1.29, 1.82) is 0 Å². The Labute approximate surface area is 201 Å². The predicted octanol–water partition coefficient (Wildman–Crippen LogP) is 4.20. The zero-order valence-corrected chi connectivity index (χ0v) is 19.5. The second-order valence-electron chi connectivity index (χ2n) is 8.79. The number of rotatable bonds is 11. The van der Waals surface area contributed by atoms with Crippen LogP contribution in [0.15, 0.2) is 60.7 Å². The van der Waals surface area contributed by atoms with Gasteiger partial charge in [0.15, 0.2) is 11.6 Å². The Balaban J connectivity index is 1.57. The first-order valence-electron chi connectivity index (χ1n) is 11.8. The van der Waals surface area contributed by atoms with Gasteiger partial charge in [0.2, 0.25) is 5.91 Å². The van der Waals surface area contributed by atoms with E-state index in [0.29, 0.717) is 17.9 Å². The number of ketones is 2. The smallest absolute Gasteiger partial charge is 0.220 e. The molecule has 0 radical (unpaired) electrons. The number of nitrogens with one attached hydrogen (secondary N) is 1. The quantitative estimate of drug-likeness (QED) is 0.391. The molecule has 34 heavy (non-hydrogen) atoms. The fraction of sp³-hybridized carbons (Fsp3) is 0.345. The van der Waals surface area contributed by atoms with Crippen molar-refractivity contribution < 1.29 is 19.5 Å². The highest BCUT2D eigenvalue weighted by Crippen LogP contribution is 2.33. The third kappa shape index (κ3) is 8.13. The Morgan fingerprint density at radius 3 is 2.44 bits per heavy atom. The second kappa shape index (κ2) is 12.7. The standard InChI is InChI=1S/C29H31NO4/c1-21(30-29(34)18-15-24-11-12-24)26(28(33)20-31)19-27(32)25-16-13-23(14-17-25)10-6-5-9-22-7-3-2-4-8-22/h2-5,7-9,13-14,16-17,21,24,26,31H,11-12,15,18-20H2,1H3,(H,30,34)/b9-5+/t21-,26+/m1/s1. The lowest BCUT2D eigenvalue weighted by Gasteiger charge is -2.23. The predicted molar refractivity (Wildman–Crippen MR) is 133 cm³/mol. The summed E-state index contributed by atoms with van der Waals surface area (Å²) in [7, 11) is 0. The zero-order valence-electron chi connectivity index (χ0n) is 19.5. The number of allylic oxidation sites excluding steroid dienone is 1. The summed E-state index contributed by atoms with van der Waals surface area (Å²) in [5, 5.41) is 12.2. The Kier molecular flexibility index (Phi) is 9.37. The molecular formula is C29H31NO4. The summed E-state index contributed by atoms with van der Waals surface area (Å²) in [5.74, 6) is 5.10. The van der Waals surface area contributed by atoms with Gasteiger partial charge in [-0.25, -0.2) is 0 Å². The molecule has 5 heteroatoms. The van der Waals surface area contributed by atoms with Gasteiger partial charge in [-0.15, -0.1) is 0 Å². The molecule has 1 aliphatic rings. The highest BCUT2D eigenvalue weighted by molar-refractivity contribution is 5.99. The van der Waals surface area contributed by atoms with Crippen LogP contribution in [0.3, 0.4) is 0 Å². The van der Waals surface area contributed by atoms with E-state index < -0.39 is 24.3 Å². The van der Waals surface area contributed by atoms with Crippen molar-refractivity contribution >= 4 is 23.5 Å². The Bertz CT molecular complexity index is 1070. The number of amides is 1. The molecule has 1 aliphatic carbocycles. The number of Topliss-reactive ketones (excluding diaryl/α,β-unsaturated/α-hetero) is 2. The van der Waals surface area contributed by atoms with Crippen LogP contribution in [0, 0.1) is 23.7 Å². The fourth-order valence-electron chi connectivity index (χ4n) is 3.74. The molecule has 1 amide bonds. The number of carbonyl (C=O) groups is 3. The molecule has 0 bridgehead atoms. The van der Waals surface area contributed by atoms with Crippen LogP contribution in [-0.2, 0) is 9.59 Å². The van der Waals surface area contributed by atoms with Crippen molar-refractivity contribution in [3.63, 3.8) is 0 Å². The van der Waals surface area contributed by atoms with Crippen LogP contribution in [0.5, 0.6) is 0 Å². The molecule has 2 atom stereocenters. The molecule has 176 valence electrons. The number of hydrogen-bond donors (Lipinski definition) is 2. The summed E-state index contributed by atoms with van der Waals surface area (Å²) in [5.41, 5.74) is 2.31. The summed E-state index contributed by atoms with van der Waals surface area (Å²) in [6.07, 6.45) is 7.26. The van der Waals surface area contributed by atoms with E-state index >= 15 is 0 Å². The van der Waals surface area contributed by atoms with Crippen LogP contribution in [0.4, 0.5) is 0 Å². The molecule has 0 spiro atoms. The van der Waals surface area contributed by atoms with Gasteiger partial charge in [0.1, 0.15) is 6.61 Å². The molecule has 2 aromatic carbocycles. The maximum absolute atomic E-state index is 12.8. The lowest BCUT2D eigenvalue weighted by atomic mass is 9.88. The van der Waals surface area contributed by atoms with E-state index in [0.717, 1.165) is 17.5 Å². The highest BCUT2D eigenvalue weighted by atomic mass is 16.3. The van der Waals surface area contributed by atoms with Gasteiger partial charge < -0.3 is 10.4 Å². The second-order valence-corrected chi connectivity index (χ2v) is 8.79. The molecule has 5 nitrogen and oxygen atoms in total. The fourth-order valence-corrected chi connectivity index (χ4v) is 3.74. The van der Waals surface area contributed by atoms with E-state index in [9.17, 15) is 19.5 Å². The van der Waals surface area contributed by atoms with Crippen molar-refractivity contribution in [2.24, 2.45) is 11.8 Å². The van der Waals surface area contributed by atoms with Crippen LogP contribution in [0.1, 0.15) is 60.5 Å². The third-order valence-electron chi connectivity index (χ3n) is 6.03. The molecular weight excluding hydrogens is 426 g/mol. The van der Waals surface area contributed by atoms with Gasteiger partial charge in [0.25, 0.3) is 0 Å². The number of aliphatic hydroxyl groups is 1. The highest BCUT2D eigenvalue weighted by Gasteiger charge is 2.29. The maximum atomic E-state index is 12.8. The van der Waals surface area contributed by atoms with Gasteiger partial charge in [-0.05, 0) is 49.1 Å². The molecule has 0 unspecified atom stereocenters. The molecule has 1 fully saturated rings. The average molecular weight is 458 g/mol. The van der Waals surface area contributed by atoms with E-state index in [1.165, 1.54) is 12.8 Å². The number of benzene rings is 2. The van der Waals surface area contributed by atoms with Crippen LogP contribution >= 0.6 is 0 Å². The first-order valence-corrected chi connectivity index (χ1v) is 11.8. The topological polar surface area (TPSA) is 83.5 Å². The summed E-state index contributed by atoms with van der Waals surface area (Å²) < 4.78 is 0. The molecule has 2 N–H and O–H groups in total. The Morgan fingerprint density at radius 1 is 1.09 bits per heavy atom. The lowest BCUT2D eigenvalue weighted by molar-refractivity contribution is -0.127. The normalized spacial score (nSPS) is 14.6. The monoisotopic (exact) mass is 457 g/mol. The minimum Gasteiger partial charge on any atom is -0.389 e. The van der Waals surface area contributed by atoms with E-state index in [1.807, 2.05) is 36.4 Å². The Morgan fingerprint density at radius 2 is 1.79 bits per heavy atom. The third-order valence-corrected chi connectivity index (χ3v) is 6.03. The van der Waals surface area contributed by atoms with Gasteiger partial charge in [0.05, 0.1) is 0 Å². The summed E-state index contributed by atoms with van der Waals surface area (Å²) in [4.78, 5) is 37.3. The maximum Gasteiger partial charge on any atom is 0.220 e. The van der Waals surface area contributed by atoms with Crippen molar-refractivity contribution in [2.45, 2.75) is 45.1 Å². The van der Waals surface area contributed by atoms with Crippen LogP contribution < -0.4 is 5.32 Å². The zero-order chi connectivity index (χ0) is 24.3. The van der Waals surface area contributed by atoms with Gasteiger partial charge in [0, 0.05) is 35.9 Å². The molecule has 2 aromatic rings. The number of aliphatic hydroxyl groups excluding tert-OH is 1. The molecule has 0 aromatic heterocycles. The van der Waals surface area contributed by atoms with E-state index in [4.69, 9.17) is 0 Å². The summed E-state index contributed by atoms with van der Waals surface area (Å²) in [6.45, 7) is 1.05. The SMILES string of the molecule is C[C@@H](NC(=O)CCC1CC1)[C@H](CC(=O)c1ccc(C#C/C=C/c2ccccc2)cc1)C(=O)CO. The Hall–Kier alpha value is -3.49. The van der Waals surface area contributed by atoms with Crippen molar-refractivity contribution in [1.82, 2.24) is 5.32 Å². The molecule has 0 aliphatic heterocycles. The number of hydrogen-bond acceptors (Lipinski definition) is 4. The minimum absolute atomic E-state index is 0.0751. The van der Waals surface area contributed by atoms with Crippen LogP contribution in [0.2, 0.25) is 0 Å². The molecule has 3 rings (SSSR count). The van der Waals surface area contributed by atoms with Crippen molar-refractivity contribution in [2.75, 3.05) is 6.61 Å². The molecule has 1 saturated carbocycles. The summed E-state index contributed by atoms with van der Waals surface area (Å²) in [6, 6.07) is 16.3. The van der Waals surface area contributed by atoms with Gasteiger partial charge in [-0.1, -0.05) is 67.1 Å². The first-order chi connectivity index (χ1) is 16.5. The van der Waals surface area contributed by atoms with Crippen LogP contribution in [0.25, 0.3) is 6.08 Å². The van der Waals surface area contributed by atoms with Crippen molar-refractivity contribution in [3.05, 3.63) is 77.4 Å². The molecule has 0 saturated heterocycles. The molecule has 0 heterocycles. The average Bonchev–Trinajstić information content (AvgIpc) is 3.69. The first kappa shape index (κ1) is 25.1.